The van der Waals surface area contributed by atoms with E-state index in [9.17, 15) is 9.18 Å². The van der Waals surface area contributed by atoms with Gasteiger partial charge in [-0.25, -0.2) is 4.79 Å². The number of nitrogens with zero attached hydrogens (tertiary/aromatic N) is 1. The summed E-state index contributed by atoms with van der Waals surface area (Å²) in [7, 11) is 0. The molecule has 2 fully saturated rings. The number of hydrogen-bond acceptors (Lipinski definition) is 3. The molecule has 0 aliphatic carbocycles. The molecule has 0 aromatic rings. The number of carbonyl (C=O) groups is 1. The highest BCUT2D eigenvalue weighted by molar-refractivity contribution is 5.69. The molecule has 0 bridgehead atoms. The van der Waals surface area contributed by atoms with Gasteiger partial charge >= 0.3 is 6.09 Å². The molecule has 1 N–H and O–H groups in total. The van der Waals surface area contributed by atoms with E-state index in [-0.39, 0.29) is 24.1 Å². The first-order valence-electron chi connectivity index (χ1n) is 6.11. The first-order chi connectivity index (χ1) is 7.86. The molecule has 5 heteroatoms. The molecule has 1 unspecified atom stereocenters. The van der Waals surface area contributed by atoms with Gasteiger partial charge in [0.15, 0.2) is 0 Å². The van der Waals surface area contributed by atoms with E-state index in [1.165, 1.54) is 0 Å². The van der Waals surface area contributed by atoms with Crippen molar-refractivity contribution < 1.29 is 13.9 Å². The van der Waals surface area contributed by atoms with Crippen LogP contribution in [0.25, 0.3) is 0 Å². The van der Waals surface area contributed by atoms with Crippen molar-refractivity contribution in [2.24, 2.45) is 11.3 Å². The van der Waals surface area contributed by atoms with Crippen LogP contribution >= 0.6 is 0 Å². The molecule has 0 aromatic carbocycles. The molecule has 2 aliphatic rings. The lowest BCUT2D eigenvalue weighted by atomic mass is 9.72. The third-order valence-electron chi connectivity index (χ3n) is 3.58. The van der Waals surface area contributed by atoms with Crippen LogP contribution in [0.2, 0.25) is 0 Å². The summed E-state index contributed by atoms with van der Waals surface area (Å²) in [5.74, 6) is 0.0428. The number of ether oxygens (including phenoxy) is 1. The summed E-state index contributed by atoms with van der Waals surface area (Å²) in [6.07, 6.45) is -0.285. The molecule has 1 amide bonds. The van der Waals surface area contributed by atoms with Gasteiger partial charge in [0.05, 0.1) is 6.67 Å². The van der Waals surface area contributed by atoms with Crippen molar-refractivity contribution in [1.82, 2.24) is 10.2 Å². The molecular formula is C12H21FN2O2. The van der Waals surface area contributed by atoms with Crippen molar-refractivity contribution in [3.63, 3.8) is 0 Å². The summed E-state index contributed by atoms with van der Waals surface area (Å²) < 4.78 is 18.1. The van der Waals surface area contributed by atoms with Gasteiger partial charge in [-0.2, -0.15) is 0 Å². The summed E-state index contributed by atoms with van der Waals surface area (Å²) in [4.78, 5) is 13.4. The number of halogens is 1. The molecule has 2 aliphatic heterocycles. The maximum Gasteiger partial charge on any atom is 0.410 e. The van der Waals surface area contributed by atoms with Gasteiger partial charge in [-0.15, -0.1) is 0 Å². The number of carbonyl (C=O) groups excluding carboxylic acids is 1. The minimum absolute atomic E-state index is 0.0428. The summed E-state index contributed by atoms with van der Waals surface area (Å²) >= 11 is 0. The molecule has 0 saturated carbocycles. The molecule has 2 rings (SSSR count). The number of nitrogens with one attached hydrogen (secondary N) is 1. The molecule has 17 heavy (non-hydrogen) atoms. The molecule has 1 spiro atoms. The molecule has 0 radical (unpaired) electrons. The van der Waals surface area contributed by atoms with Crippen molar-refractivity contribution >= 4 is 6.09 Å². The average molecular weight is 244 g/mol. The predicted octanol–water partition coefficient (Wildman–Crippen LogP) is 1.41. The highest BCUT2D eigenvalue weighted by Gasteiger charge is 2.53. The summed E-state index contributed by atoms with van der Waals surface area (Å²) in [5, 5.41) is 3.20. The van der Waals surface area contributed by atoms with E-state index < -0.39 is 5.60 Å². The Labute approximate surface area is 101 Å². The summed E-state index contributed by atoms with van der Waals surface area (Å²) in [6.45, 7) is 7.99. The first kappa shape index (κ1) is 12.6. The monoisotopic (exact) mass is 244 g/mol. The second kappa shape index (κ2) is 4.12. The Morgan fingerprint density at radius 1 is 1.53 bits per heavy atom. The summed E-state index contributed by atoms with van der Waals surface area (Å²) in [5.41, 5.74) is -0.515. The van der Waals surface area contributed by atoms with Gasteiger partial charge in [-0.1, -0.05) is 0 Å². The topological polar surface area (TPSA) is 41.6 Å². The molecular weight excluding hydrogens is 223 g/mol. The smallest absolute Gasteiger partial charge is 0.410 e. The molecule has 2 heterocycles. The van der Waals surface area contributed by atoms with Gasteiger partial charge in [0, 0.05) is 37.5 Å². The maximum absolute atomic E-state index is 12.8. The number of amides is 1. The van der Waals surface area contributed by atoms with Gasteiger partial charge in [-0.05, 0) is 20.8 Å². The Morgan fingerprint density at radius 3 is 2.71 bits per heavy atom. The Bertz CT molecular complexity index is 308. The zero-order chi connectivity index (χ0) is 12.7. The van der Waals surface area contributed by atoms with E-state index >= 15 is 0 Å². The minimum Gasteiger partial charge on any atom is -0.444 e. The average Bonchev–Trinajstić information content (AvgIpc) is 2.55. The van der Waals surface area contributed by atoms with E-state index in [1.807, 2.05) is 20.8 Å². The van der Waals surface area contributed by atoms with Crippen molar-refractivity contribution in [2.45, 2.75) is 26.4 Å². The second-order valence-electron chi connectivity index (χ2n) is 6.18. The van der Waals surface area contributed by atoms with Gasteiger partial charge in [0.1, 0.15) is 5.60 Å². The Hall–Kier alpha value is -0.840. The first-order valence-corrected chi connectivity index (χ1v) is 6.11. The lowest BCUT2D eigenvalue weighted by Gasteiger charge is -2.50. The van der Waals surface area contributed by atoms with Crippen LogP contribution in [-0.2, 0) is 4.74 Å². The van der Waals surface area contributed by atoms with Gasteiger partial charge in [-0.3, -0.25) is 4.39 Å². The minimum atomic E-state index is -0.465. The van der Waals surface area contributed by atoms with Crippen molar-refractivity contribution in [2.75, 3.05) is 32.9 Å². The third kappa shape index (κ3) is 2.39. The van der Waals surface area contributed by atoms with E-state index in [0.717, 1.165) is 13.1 Å². The van der Waals surface area contributed by atoms with Crippen molar-refractivity contribution in [3.05, 3.63) is 0 Å². The normalized spacial score (nSPS) is 27.1. The standard InChI is InChI=1S/C12H21FN2O2/c1-11(2,3)17-10(16)15-7-12(8-15)6-14-5-9(12)4-13/h9,14H,4-8H2,1-3H3. The highest BCUT2D eigenvalue weighted by Crippen LogP contribution is 2.41. The molecule has 2 saturated heterocycles. The van der Waals surface area contributed by atoms with Crippen LogP contribution in [0.5, 0.6) is 0 Å². The zero-order valence-corrected chi connectivity index (χ0v) is 10.8. The van der Waals surface area contributed by atoms with Crippen LogP contribution < -0.4 is 5.32 Å². The van der Waals surface area contributed by atoms with Crippen LogP contribution in [0.4, 0.5) is 9.18 Å². The predicted molar refractivity (Wildman–Crippen MR) is 62.6 cm³/mol. The zero-order valence-electron chi connectivity index (χ0n) is 10.8. The largest absolute Gasteiger partial charge is 0.444 e. The highest BCUT2D eigenvalue weighted by atomic mass is 19.1. The van der Waals surface area contributed by atoms with E-state index in [2.05, 4.69) is 5.32 Å². The van der Waals surface area contributed by atoms with Crippen LogP contribution in [0.1, 0.15) is 20.8 Å². The lowest BCUT2D eigenvalue weighted by molar-refractivity contribution is -0.0463. The Balaban J connectivity index is 1.88. The summed E-state index contributed by atoms with van der Waals surface area (Å²) in [6, 6.07) is 0. The SMILES string of the molecule is CC(C)(C)OC(=O)N1CC2(CNCC2CF)C1. The number of hydrogen-bond donors (Lipinski definition) is 1. The van der Waals surface area contributed by atoms with Crippen molar-refractivity contribution in [3.8, 4) is 0 Å². The fourth-order valence-electron chi connectivity index (χ4n) is 2.61. The van der Waals surface area contributed by atoms with E-state index in [0.29, 0.717) is 13.1 Å². The fourth-order valence-corrected chi connectivity index (χ4v) is 2.61. The van der Waals surface area contributed by atoms with Crippen LogP contribution in [-0.4, -0.2) is 49.4 Å². The van der Waals surface area contributed by atoms with Crippen molar-refractivity contribution in [1.29, 1.82) is 0 Å². The van der Waals surface area contributed by atoms with Crippen LogP contribution in [0.3, 0.4) is 0 Å². The quantitative estimate of drug-likeness (QED) is 0.758. The van der Waals surface area contributed by atoms with E-state index in [1.54, 1.807) is 4.90 Å². The maximum atomic E-state index is 12.8. The molecule has 1 atom stereocenters. The fraction of sp³-hybridized carbons (Fsp3) is 0.917. The Morgan fingerprint density at radius 2 is 2.18 bits per heavy atom. The molecule has 0 aromatic heterocycles. The number of likely N-dealkylation sites (tertiary alicyclic amines) is 1. The lowest BCUT2D eigenvalue weighted by Crippen LogP contribution is -2.63. The molecule has 98 valence electrons. The number of rotatable bonds is 1. The van der Waals surface area contributed by atoms with Crippen LogP contribution in [0, 0.1) is 11.3 Å². The van der Waals surface area contributed by atoms with Gasteiger partial charge in [0.2, 0.25) is 0 Å². The second-order valence-corrected chi connectivity index (χ2v) is 6.18. The number of alkyl halides is 1. The van der Waals surface area contributed by atoms with Gasteiger partial charge < -0.3 is 15.0 Å². The Kier molecular flexibility index (Phi) is 3.06. The van der Waals surface area contributed by atoms with Crippen LogP contribution in [0.15, 0.2) is 0 Å². The molecule has 4 nitrogen and oxygen atoms in total. The van der Waals surface area contributed by atoms with Gasteiger partial charge in [0.25, 0.3) is 0 Å². The third-order valence-corrected chi connectivity index (χ3v) is 3.58. The van der Waals surface area contributed by atoms with E-state index in [4.69, 9.17) is 4.74 Å².